The summed E-state index contributed by atoms with van der Waals surface area (Å²) in [6.07, 6.45) is 0.516. The van der Waals surface area contributed by atoms with Gasteiger partial charge in [-0.2, -0.15) is 0 Å². The molecule has 5 heteroatoms. The average Bonchev–Trinajstić information content (AvgIpc) is 2.99. The molecule has 122 valence electrons. The van der Waals surface area contributed by atoms with E-state index in [4.69, 9.17) is 11.6 Å². The molecule has 0 spiro atoms. The first-order valence-electron chi connectivity index (χ1n) is 7.86. The van der Waals surface area contributed by atoms with Gasteiger partial charge >= 0.3 is 0 Å². The number of piperazine rings is 1. The minimum atomic E-state index is 0.221. The third kappa shape index (κ3) is 3.70. The largest absolute Gasteiger partial charge is 0.367 e. The van der Waals surface area contributed by atoms with Crippen LogP contribution in [-0.4, -0.2) is 37.0 Å². The third-order valence-electron chi connectivity index (χ3n) is 4.25. The summed E-state index contributed by atoms with van der Waals surface area (Å²) in [6.45, 7) is 7.34. The van der Waals surface area contributed by atoms with E-state index in [-0.39, 0.29) is 5.91 Å². The van der Waals surface area contributed by atoms with Crippen LogP contribution in [0.4, 0.5) is 5.69 Å². The molecular weight excluding hydrogens is 328 g/mol. The molecule has 1 saturated heterocycles. The zero-order valence-corrected chi connectivity index (χ0v) is 15.1. The van der Waals surface area contributed by atoms with Crippen molar-refractivity contribution in [3.05, 3.63) is 50.7 Å². The van der Waals surface area contributed by atoms with Gasteiger partial charge in [0.25, 0.3) is 0 Å². The fourth-order valence-corrected chi connectivity index (χ4v) is 4.30. The number of hydrogen-bond acceptors (Lipinski definition) is 3. The highest BCUT2D eigenvalue weighted by atomic mass is 35.5. The molecule has 0 unspecified atom stereocenters. The molecule has 0 bridgehead atoms. The quantitative estimate of drug-likeness (QED) is 0.839. The first-order chi connectivity index (χ1) is 11.0. The van der Waals surface area contributed by atoms with Crippen LogP contribution in [0.3, 0.4) is 0 Å². The number of hydrogen-bond donors (Lipinski definition) is 0. The van der Waals surface area contributed by atoms with Gasteiger partial charge in [0.1, 0.15) is 0 Å². The summed E-state index contributed by atoms with van der Waals surface area (Å²) < 4.78 is 0. The Hall–Kier alpha value is -1.52. The molecule has 23 heavy (non-hydrogen) atoms. The minimum absolute atomic E-state index is 0.221. The maximum atomic E-state index is 12.4. The molecule has 0 radical (unpaired) electrons. The number of aryl methyl sites for hydroxylation is 2. The number of amides is 1. The van der Waals surface area contributed by atoms with Crippen LogP contribution < -0.4 is 4.90 Å². The Morgan fingerprint density at radius 3 is 2.57 bits per heavy atom. The lowest BCUT2D eigenvalue weighted by Gasteiger charge is -2.37. The van der Waals surface area contributed by atoms with Crippen molar-refractivity contribution in [1.29, 1.82) is 0 Å². The van der Waals surface area contributed by atoms with Crippen LogP contribution in [0.5, 0.6) is 0 Å². The smallest absolute Gasteiger partial charge is 0.227 e. The molecule has 1 aliphatic heterocycles. The summed E-state index contributed by atoms with van der Waals surface area (Å²) in [7, 11) is 0. The van der Waals surface area contributed by atoms with E-state index in [1.807, 2.05) is 28.5 Å². The Morgan fingerprint density at radius 1 is 1.22 bits per heavy atom. The molecule has 0 aliphatic carbocycles. The molecule has 1 aromatic heterocycles. The molecule has 2 heterocycles. The van der Waals surface area contributed by atoms with E-state index in [0.29, 0.717) is 6.42 Å². The summed E-state index contributed by atoms with van der Waals surface area (Å²) >= 11 is 8.08. The van der Waals surface area contributed by atoms with Gasteiger partial charge in [0.2, 0.25) is 5.91 Å². The van der Waals surface area contributed by atoms with E-state index < -0.39 is 0 Å². The normalized spacial score (nSPS) is 15.1. The Morgan fingerprint density at radius 2 is 1.96 bits per heavy atom. The van der Waals surface area contributed by atoms with Gasteiger partial charge in [-0.05, 0) is 42.5 Å². The van der Waals surface area contributed by atoms with Gasteiger partial charge in [0.05, 0.1) is 17.1 Å². The zero-order valence-electron chi connectivity index (χ0n) is 13.5. The van der Waals surface area contributed by atoms with E-state index in [9.17, 15) is 4.79 Å². The fraction of sp³-hybridized carbons (Fsp3) is 0.389. The number of thiophene rings is 1. The molecule has 0 atom stereocenters. The molecule has 2 aromatic rings. The second kappa shape index (κ2) is 6.93. The van der Waals surface area contributed by atoms with Crippen molar-refractivity contribution in [3.8, 4) is 0 Å². The Kier molecular flexibility index (Phi) is 4.93. The Labute approximate surface area is 146 Å². The number of benzene rings is 1. The van der Waals surface area contributed by atoms with E-state index >= 15 is 0 Å². The zero-order chi connectivity index (χ0) is 16.4. The van der Waals surface area contributed by atoms with Gasteiger partial charge in [0.15, 0.2) is 0 Å². The predicted molar refractivity (Wildman–Crippen MR) is 97.7 cm³/mol. The first-order valence-corrected chi connectivity index (χ1v) is 9.12. The molecule has 0 saturated carbocycles. The summed E-state index contributed by atoms with van der Waals surface area (Å²) in [5, 5.41) is 2.82. The van der Waals surface area contributed by atoms with Gasteiger partial charge in [-0.1, -0.05) is 23.7 Å². The second-order valence-corrected chi connectivity index (χ2v) is 7.48. The number of rotatable bonds is 3. The predicted octanol–water partition coefficient (Wildman–Crippen LogP) is 3.91. The summed E-state index contributed by atoms with van der Waals surface area (Å²) in [5.74, 6) is 0.221. The van der Waals surface area contributed by atoms with Gasteiger partial charge in [-0.3, -0.25) is 4.79 Å². The first kappa shape index (κ1) is 16.3. The fourth-order valence-electron chi connectivity index (χ4n) is 3.16. The van der Waals surface area contributed by atoms with Crippen molar-refractivity contribution in [2.45, 2.75) is 20.3 Å². The Bertz CT molecular complexity index is 668. The monoisotopic (exact) mass is 348 g/mol. The van der Waals surface area contributed by atoms with Gasteiger partial charge < -0.3 is 9.80 Å². The van der Waals surface area contributed by atoms with Gasteiger partial charge in [-0.15, -0.1) is 11.3 Å². The summed E-state index contributed by atoms with van der Waals surface area (Å²) in [6, 6.07) is 8.19. The van der Waals surface area contributed by atoms with E-state index in [1.54, 1.807) is 11.3 Å². The van der Waals surface area contributed by atoms with Crippen LogP contribution in [0, 0.1) is 13.8 Å². The lowest BCUT2D eigenvalue weighted by atomic mass is 10.1. The molecule has 1 amide bonds. The number of carbonyl (C=O) groups is 1. The molecule has 3 nitrogen and oxygen atoms in total. The molecule has 0 N–H and O–H groups in total. The minimum Gasteiger partial charge on any atom is -0.367 e. The van der Waals surface area contributed by atoms with E-state index in [0.717, 1.165) is 41.8 Å². The van der Waals surface area contributed by atoms with E-state index in [1.165, 1.54) is 11.1 Å². The highest BCUT2D eigenvalue weighted by Crippen LogP contribution is 2.31. The second-order valence-electron chi connectivity index (χ2n) is 6.04. The van der Waals surface area contributed by atoms with Crippen molar-refractivity contribution < 1.29 is 4.79 Å². The third-order valence-corrected chi connectivity index (χ3v) is 5.42. The van der Waals surface area contributed by atoms with Crippen LogP contribution in [0.15, 0.2) is 29.6 Å². The number of halogens is 1. The van der Waals surface area contributed by atoms with Crippen molar-refractivity contribution in [2.75, 3.05) is 31.1 Å². The standard InChI is InChI=1S/C18H21ClN2OS/c1-13-10-14(2)18(16(19)11-13)21-7-5-20(6-8-21)17(22)12-15-4-3-9-23-15/h3-4,9-11H,5-8,12H2,1-2H3. The molecule has 1 aromatic carbocycles. The molecular formula is C18H21ClN2OS. The van der Waals surface area contributed by atoms with Crippen LogP contribution in [0.1, 0.15) is 16.0 Å². The number of carbonyl (C=O) groups excluding carboxylic acids is 1. The molecule has 1 fully saturated rings. The average molecular weight is 349 g/mol. The number of anilines is 1. The summed E-state index contributed by atoms with van der Waals surface area (Å²) in [5.41, 5.74) is 3.50. The van der Waals surface area contributed by atoms with Crippen LogP contribution in [0.2, 0.25) is 5.02 Å². The lowest BCUT2D eigenvalue weighted by molar-refractivity contribution is -0.130. The highest BCUT2D eigenvalue weighted by Gasteiger charge is 2.23. The van der Waals surface area contributed by atoms with Crippen LogP contribution in [0.25, 0.3) is 0 Å². The van der Waals surface area contributed by atoms with E-state index in [2.05, 4.69) is 24.8 Å². The molecule has 3 rings (SSSR count). The van der Waals surface area contributed by atoms with Crippen molar-refractivity contribution in [3.63, 3.8) is 0 Å². The van der Waals surface area contributed by atoms with Crippen molar-refractivity contribution in [1.82, 2.24) is 4.90 Å². The lowest BCUT2D eigenvalue weighted by Crippen LogP contribution is -2.49. The van der Waals surface area contributed by atoms with Crippen LogP contribution >= 0.6 is 22.9 Å². The van der Waals surface area contributed by atoms with Crippen LogP contribution in [-0.2, 0) is 11.2 Å². The van der Waals surface area contributed by atoms with Crippen molar-refractivity contribution >= 4 is 34.5 Å². The van der Waals surface area contributed by atoms with Gasteiger partial charge in [0, 0.05) is 31.1 Å². The van der Waals surface area contributed by atoms with Crippen molar-refractivity contribution in [2.24, 2.45) is 0 Å². The highest BCUT2D eigenvalue weighted by molar-refractivity contribution is 7.10. The maximum absolute atomic E-state index is 12.4. The maximum Gasteiger partial charge on any atom is 0.227 e. The van der Waals surface area contributed by atoms with Gasteiger partial charge in [-0.25, -0.2) is 0 Å². The topological polar surface area (TPSA) is 23.6 Å². The Balaban J connectivity index is 1.63. The molecule has 1 aliphatic rings. The SMILES string of the molecule is Cc1cc(C)c(N2CCN(C(=O)Cc3cccs3)CC2)c(Cl)c1. The summed E-state index contributed by atoms with van der Waals surface area (Å²) in [4.78, 5) is 17.8. The number of nitrogens with zero attached hydrogens (tertiary/aromatic N) is 2.